The summed E-state index contributed by atoms with van der Waals surface area (Å²) in [7, 11) is 0. The summed E-state index contributed by atoms with van der Waals surface area (Å²) in [5, 5.41) is 4.65. The van der Waals surface area contributed by atoms with Crippen molar-refractivity contribution in [3.05, 3.63) is 68.8 Å². The highest BCUT2D eigenvalue weighted by atomic mass is 35.5. The van der Waals surface area contributed by atoms with Crippen molar-refractivity contribution in [2.75, 3.05) is 0 Å². The van der Waals surface area contributed by atoms with Crippen molar-refractivity contribution in [2.45, 2.75) is 19.9 Å². The molecule has 1 N–H and O–H groups in total. The van der Waals surface area contributed by atoms with Crippen LogP contribution in [0.4, 0.5) is 0 Å². The first-order valence-corrected chi connectivity index (χ1v) is 9.17. The number of pyridine rings is 1. The van der Waals surface area contributed by atoms with Crippen molar-refractivity contribution in [1.29, 1.82) is 0 Å². The van der Waals surface area contributed by atoms with E-state index >= 15 is 0 Å². The zero-order valence-corrected chi connectivity index (χ0v) is 15.9. The lowest BCUT2D eigenvalue weighted by molar-refractivity contribution is 0.0943. The number of aromatic nitrogens is 2. The van der Waals surface area contributed by atoms with Crippen molar-refractivity contribution in [2.24, 2.45) is 0 Å². The van der Waals surface area contributed by atoms with Gasteiger partial charge in [0.2, 0.25) is 0 Å². The second-order valence-electron chi connectivity index (χ2n) is 5.52. The van der Waals surface area contributed by atoms with Crippen LogP contribution in [-0.4, -0.2) is 15.9 Å². The van der Waals surface area contributed by atoms with E-state index in [9.17, 15) is 4.79 Å². The molecule has 2 heterocycles. The van der Waals surface area contributed by atoms with Crippen LogP contribution in [0.1, 0.15) is 33.9 Å². The molecule has 0 aliphatic rings. The number of nitrogens with one attached hydrogen (secondary N) is 1. The Morgan fingerprint density at radius 1 is 1.20 bits per heavy atom. The molecule has 4 nitrogen and oxygen atoms in total. The summed E-state index contributed by atoms with van der Waals surface area (Å²) in [4.78, 5) is 21.9. The van der Waals surface area contributed by atoms with E-state index in [0.29, 0.717) is 20.6 Å². The van der Waals surface area contributed by atoms with Gasteiger partial charge in [0.05, 0.1) is 27.5 Å². The van der Waals surface area contributed by atoms with Gasteiger partial charge in [0.15, 0.2) is 0 Å². The molecular formula is C18H15Cl2N3OS. The van der Waals surface area contributed by atoms with E-state index in [0.717, 1.165) is 16.3 Å². The molecule has 0 radical (unpaired) electrons. The SMILES string of the molecule is Cc1nc(-c2ccccn2)sc1C(=O)N[C@@H](C)c1ccc(Cl)c(Cl)c1. The Hall–Kier alpha value is -1.95. The van der Waals surface area contributed by atoms with Gasteiger partial charge in [-0.25, -0.2) is 4.98 Å². The third-order valence-corrected chi connectivity index (χ3v) is 5.60. The number of rotatable bonds is 4. The number of carbonyl (C=O) groups is 1. The molecule has 25 heavy (non-hydrogen) atoms. The molecular weight excluding hydrogens is 377 g/mol. The van der Waals surface area contributed by atoms with Crippen molar-refractivity contribution in [1.82, 2.24) is 15.3 Å². The summed E-state index contributed by atoms with van der Waals surface area (Å²) in [6, 6.07) is 10.7. The van der Waals surface area contributed by atoms with E-state index in [-0.39, 0.29) is 11.9 Å². The standard InChI is InChI=1S/C18H15Cl2N3OS/c1-10(12-6-7-13(19)14(20)9-12)22-17(24)16-11(2)23-18(25-16)15-5-3-4-8-21-15/h3-10H,1-2H3,(H,22,24)/t10-/m0/s1. The second-order valence-corrected chi connectivity index (χ2v) is 7.33. The molecule has 2 aromatic heterocycles. The first kappa shape index (κ1) is 17.9. The van der Waals surface area contributed by atoms with Crippen molar-refractivity contribution < 1.29 is 4.79 Å². The maximum absolute atomic E-state index is 12.6. The Kier molecular flexibility index (Phi) is 5.37. The summed E-state index contributed by atoms with van der Waals surface area (Å²) in [5.41, 5.74) is 2.33. The molecule has 1 amide bonds. The van der Waals surface area contributed by atoms with Crippen LogP contribution in [0, 0.1) is 6.92 Å². The minimum Gasteiger partial charge on any atom is -0.345 e. The van der Waals surface area contributed by atoms with Crippen LogP contribution in [0.2, 0.25) is 10.0 Å². The second kappa shape index (κ2) is 7.52. The summed E-state index contributed by atoms with van der Waals surface area (Å²) in [6.45, 7) is 3.72. The predicted octanol–water partition coefficient (Wildman–Crippen LogP) is 5.31. The van der Waals surface area contributed by atoms with Crippen LogP contribution in [0.25, 0.3) is 10.7 Å². The number of nitrogens with zero attached hydrogens (tertiary/aromatic N) is 2. The molecule has 0 saturated heterocycles. The molecule has 7 heteroatoms. The van der Waals surface area contributed by atoms with Gasteiger partial charge < -0.3 is 5.32 Å². The third-order valence-electron chi connectivity index (χ3n) is 3.68. The zero-order chi connectivity index (χ0) is 18.0. The molecule has 0 spiro atoms. The summed E-state index contributed by atoms with van der Waals surface area (Å²) in [5.74, 6) is -0.171. The Balaban J connectivity index is 1.79. The van der Waals surface area contributed by atoms with E-state index in [1.807, 2.05) is 38.1 Å². The maximum Gasteiger partial charge on any atom is 0.263 e. The van der Waals surface area contributed by atoms with Crippen LogP contribution < -0.4 is 5.32 Å². The van der Waals surface area contributed by atoms with Gasteiger partial charge in [-0.1, -0.05) is 35.3 Å². The van der Waals surface area contributed by atoms with Crippen molar-refractivity contribution >= 4 is 40.4 Å². The Morgan fingerprint density at radius 3 is 2.68 bits per heavy atom. The minimum atomic E-state index is -0.206. The topological polar surface area (TPSA) is 54.9 Å². The predicted molar refractivity (Wildman–Crippen MR) is 102 cm³/mol. The highest BCUT2D eigenvalue weighted by molar-refractivity contribution is 7.17. The number of hydrogen-bond acceptors (Lipinski definition) is 4. The molecule has 3 rings (SSSR count). The van der Waals surface area contributed by atoms with E-state index in [1.165, 1.54) is 11.3 Å². The molecule has 0 unspecified atom stereocenters. The number of halogens is 2. The fraction of sp³-hybridized carbons (Fsp3) is 0.167. The third kappa shape index (κ3) is 4.00. The van der Waals surface area contributed by atoms with Crippen molar-refractivity contribution in [3.63, 3.8) is 0 Å². The molecule has 1 aromatic carbocycles. The Morgan fingerprint density at radius 2 is 2.00 bits per heavy atom. The molecule has 128 valence electrons. The molecule has 0 bridgehead atoms. The number of amides is 1. The van der Waals surface area contributed by atoms with E-state index in [1.54, 1.807) is 18.3 Å². The average Bonchev–Trinajstić information content (AvgIpc) is 3.00. The van der Waals surface area contributed by atoms with Gasteiger partial charge in [0.25, 0.3) is 5.91 Å². The van der Waals surface area contributed by atoms with E-state index in [4.69, 9.17) is 23.2 Å². The van der Waals surface area contributed by atoms with Crippen LogP contribution in [0.5, 0.6) is 0 Å². The average molecular weight is 392 g/mol. The van der Waals surface area contributed by atoms with Gasteiger partial charge in [0, 0.05) is 6.20 Å². The van der Waals surface area contributed by atoms with Crippen LogP contribution in [-0.2, 0) is 0 Å². The van der Waals surface area contributed by atoms with Gasteiger partial charge in [-0.05, 0) is 43.7 Å². The number of aryl methyl sites for hydroxylation is 1. The first-order valence-electron chi connectivity index (χ1n) is 7.60. The Bertz CT molecular complexity index is 912. The summed E-state index contributed by atoms with van der Waals surface area (Å²) >= 11 is 13.3. The lowest BCUT2D eigenvalue weighted by Gasteiger charge is -2.14. The number of carbonyl (C=O) groups excluding carboxylic acids is 1. The van der Waals surface area contributed by atoms with Crippen LogP contribution in [0.3, 0.4) is 0 Å². The zero-order valence-electron chi connectivity index (χ0n) is 13.6. The van der Waals surface area contributed by atoms with Gasteiger partial charge in [-0.15, -0.1) is 11.3 Å². The van der Waals surface area contributed by atoms with Gasteiger partial charge in [-0.2, -0.15) is 0 Å². The number of hydrogen-bond donors (Lipinski definition) is 1. The highest BCUT2D eigenvalue weighted by Gasteiger charge is 2.19. The quantitative estimate of drug-likeness (QED) is 0.655. The summed E-state index contributed by atoms with van der Waals surface area (Å²) in [6.07, 6.45) is 1.71. The fourth-order valence-corrected chi connectivity index (χ4v) is 3.59. The first-order chi connectivity index (χ1) is 12.0. The lowest BCUT2D eigenvalue weighted by Crippen LogP contribution is -2.26. The largest absolute Gasteiger partial charge is 0.345 e. The smallest absolute Gasteiger partial charge is 0.263 e. The van der Waals surface area contributed by atoms with Gasteiger partial charge >= 0.3 is 0 Å². The maximum atomic E-state index is 12.6. The van der Waals surface area contributed by atoms with Crippen molar-refractivity contribution in [3.8, 4) is 10.7 Å². The Labute approximate surface area is 159 Å². The van der Waals surface area contributed by atoms with Crippen LogP contribution >= 0.6 is 34.5 Å². The van der Waals surface area contributed by atoms with Crippen LogP contribution in [0.15, 0.2) is 42.6 Å². The lowest BCUT2D eigenvalue weighted by atomic mass is 10.1. The van der Waals surface area contributed by atoms with E-state index in [2.05, 4.69) is 15.3 Å². The number of thiazole rings is 1. The normalized spacial score (nSPS) is 12.0. The molecule has 1 atom stereocenters. The molecule has 0 aliphatic heterocycles. The monoisotopic (exact) mass is 391 g/mol. The molecule has 3 aromatic rings. The number of benzene rings is 1. The molecule has 0 saturated carbocycles. The highest BCUT2D eigenvalue weighted by Crippen LogP contribution is 2.28. The molecule has 0 aliphatic carbocycles. The minimum absolute atomic E-state index is 0.171. The van der Waals surface area contributed by atoms with Gasteiger partial charge in [0.1, 0.15) is 9.88 Å². The van der Waals surface area contributed by atoms with E-state index < -0.39 is 0 Å². The van der Waals surface area contributed by atoms with Gasteiger partial charge in [-0.3, -0.25) is 9.78 Å². The fourth-order valence-electron chi connectivity index (χ4n) is 2.33. The molecule has 0 fully saturated rings. The summed E-state index contributed by atoms with van der Waals surface area (Å²) < 4.78 is 0.